The largest absolute Gasteiger partial charge is 0.573 e. The van der Waals surface area contributed by atoms with Crippen LogP contribution in [0.3, 0.4) is 0 Å². The zero-order valence-electron chi connectivity index (χ0n) is 19.0. The fraction of sp³-hybridized carbons (Fsp3) is 0.192. The molecule has 0 bridgehead atoms. The van der Waals surface area contributed by atoms with Gasteiger partial charge in [-0.15, -0.1) is 13.2 Å². The molecule has 3 aliphatic rings. The molecule has 5 rings (SSSR count). The van der Waals surface area contributed by atoms with Crippen molar-refractivity contribution < 1.29 is 27.5 Å². The molecule has 1 N–H and O–H groups in total. The van der Waals surface area contributed by atoms with Gasteiger partial charge in [0.25, 0.3) is 5.91 Å². The second-order valence-electron chi connectivity index (χ2n) is 8.98. The Bertz CT molecular complexity index is 1470. The molecule has 2 aromatic carbocycles. The summed E-state index contributed by atoms with van der Waals surface area (Å²) in [6, 6.07) is 11.2. The topological polar surface area (TPSA) is 82.4 Å². The number of nitriles is 1. The van der Waals surface area contributed by atoms with E-state index in [-0.39, 0.29) is 21.3 Å². The van der Waals surface area contributed by atoms with Crippen LogP contribution < -0.4 is 15.0 Å². The third-order valence-corrected chi connectivity index (χ3v) is 7.74. The predicted molar refractivity (Wildman–Crippen MR) is 130 cm³/mol. The quantitative estimate of drug-likeness (QED) is 0.509. The lowest BCUT2D eigenvalue weighted by Gasteiger charge is -2.32. The fourth-order valence-electron chi connectivity index (χ4n) is 5.89. The van der Waals surface area contributed by atoms with Gasteiger partial charge < -0.3 is 10.1 Å². The third kappa shape index (κ3) is 3.12. The maximum absolute atomic E-state index is 14.2. The first-order valence-electron chi connectivity index (χ1n) is 10.8. The fourth-order valence-corrected chi connectivity index (χ4v) is 6.41. The number of amides is 2. The molecule has 0 unspecified atom stereocenters. The minimum Gasteiger partial charge on any atom is -0.406 e. The van der Waals surface area contributed by atoms with Gasteiger partial charge in [0.1, 0.15) is 17.4 Å². The Labute approximate surface area is 219 Å². The van der Waals surface area contributed by atoms with Gasteiger partial charge in [0.05, 0.1) is 22.1 Å². The highest BCUT2D eigenvalue weighted by Crippen LogP contribution is 2.79. The molecule has 1 saturated heterocycles. The van der Waals surface area contributed by atoms with E-state index in [4.69, 9.17) is 23.2 Å². The van der Waals surface area contributed by atoms with E-state index < -0.39 is 40.3 Å². The van der Waals surface area contributed by atoms with Crippen LogP contribution >= 0.6 is 23.2 Å². The summed E-state index contributed by atoms with van der Waals surface area (Å²) in [7, 11) is 0. The summed E-state index contributed by atoms with van der Waals surface area (Å²) in [5, 5.41) is 12.9. The first kappa shape index (κ1) is 24.9. The smallest absolute Gasteiger partial charge is 0.406 e. The highest BCUT2D eigenvalue weighted by Gasteiger charge is 2.97. The second-order valence-corrected chi connectivity index (χ2v) is 9.86. The molecule has 6 nitrogen and oxygen atoms in total. The molecule has 0 radical (unpaired) electrons. The van der Waals surface area contributed by atoms with Crippen LogP contribution in [0.15, 0.2) is 78.5 Å². The molecule has 2 fully saturated rings. The molecule has 1 spiro atoms. The number of hydrogen-bond acceptors (Lipinski definition) is 5. The number of fused-ring (bicyclic) bond motifs is 1. The average molecular weight is 546 g/mol. The van der Waals surface area contributed by atoms with E-state index in [0.29, 0.717) is 11.1 Å². The number of carbonyl (C=O) groups excluding carboxylic acids is 2. The number of anilines is 1. The Kier molecular flexibility index (Phi) is 5.31. The number of nitrogens with one attached hydrogen (secondary N) is 1. The van der Waals surface area contributed by atoms with Crippen molar-refractivity contribution in [1.29, 1.82) is 5.26 Å². The van der Waals surface area contributed by atoms with Crippen molar-refractivity contribution in [3.8, 4) is 11.8 Å². The van der Waals surface area contributed by atoms with Crippen LogP contribution in [0, 0.1) is 16.7 Å². The van der Waals surface area contributed by atoms with Gasteiger partial charge in [-0.3, -0.25) is 9.59 Å². The van der Waals surface area contributed by atoms with E-state index in [1.807, 2.05) is 6.07 Å². The molecule has 1 aliphatic carbocycles. The molecule has 1 saturated carbocycles. The standard InChI is InChI=1S/C26H16Cl2F3N3O3/c1-14-3-4-15(12-32)13-33-25-22(36)34(19-10-17(27)9-18(28)11-19)21(35)23(25,2)24(14,25)16-5-7-20(8-6-16)37-26(29,30)31/h3-11,13,33H,1H2,2H3/t23-,24-,25+/m0/s1. The van der Waals surface area contributed by atoms with Crippen LogP contribution in [0.1, 0.15) is 12.5 Å². The Morgan fingerprint density at radius 2 is 1.68 bits per heavy atom. The minimum absolute atomic E-state index is 0.160. The van der Waals surface area contributed by atoms with Crippen molar-refractivity contribution in [2.24, 2.45) is 5.41 Å². The lowest BCUT2D eigenvalue weighted by molar-refractivity contribution is -0.274. The molecule has 2 aromatic rings. The number of alkyl halides is 3. The number of piperidine rings is 1. The van der Waals surface area contributed by atoms with Crippen molar-refractivity contribution in [3.63, 3.8) is 0 Å². The van der Waals surface area contributed by atoms with Gasteiger partial charge in [-0.05, 0) is 54.5 Å². The molecular formula is C26H16Cl2F3N3O3. The summed E-state index contributed by atoms with van der Waals surface area (Å²) >= 11 is 12.2. The third-order valence-electron chi connectivity index (χ3n) is 7.30. The number of imide groups is 1. The van der Waals surface area contributed by atoms with Gasteiger partial charge in [0, 0.05) is 16.2 Å². The minimum atomic E-state index is -4.89. The molecule has 2 aliphatic heterocycles. The van der Waals surface area contributed by atoms with Gasteiger partial charge >= 0.3 is 6.36 Å². The lowest BCUT2D eigenvalue weighted by atomic mass is 9.78. The Morgan fingerprint density at radius 1 is 1.05 bits per heavy atom. The molecule has 37 heavy (non-hydrogen) atoms. The number of carbonyl (C=O) groups is 2. The first-order valence-corrected chi connectivity index (χ1v) is 11.6. The zero-order valence-corrected chi connectivity index (χ0v) is 20.5. The summed E-state index contributed by atoms with van der Waals surface area (Å²) in [5.41, 5.74) is -3.50. The summed E-state index contributed by atoms with van der Waals surface area (Å²) < 4.78 is 42.1. The van der Waals surface area contributed by atoms with Crippen LogP contribution in [-0.4, -0.2) is 23.7 Å². The molecular weight excluding hydrogens is 530 g/mol. The van der Waals surface area contributed by atoms with Gasteiger partial charge in [0.15, 0.2) is 0 Å². The maximum Gasteiger partial charge on any atom is 0.573 e. The molecule has 2 amide bonds. The number of halogens is 5. The van der Waals surface area contributed by atoms with Crippen LogP contribution in [0.25, 0.3) is 0 Å². The molecule has 3 atom stereocenters. The number of ether oxygens (including phenoxy) is 1. The Balaban J connectivity index is 1.70. The highest BCUT2D eigenvalue weighted by atomic mass is 35.5. The average Bonchev–Trinajstić information content (AvgIpc) is 3.24. The van der Waals surface area contributed by atoms with E-state index in [0.717, 1.165) is 17.0 Å². The van der Waals surface area contributed by atoms with Crippen molar-refractivity contribution in [2.45, 2.75) is 24.2 Å². The van der Waals surface area contributed by atoms with Gasteiger partial charge in [-0.25, -0.2) is 4.90 Å². The van der Waals surface area contributed by atoms with Gasteiger partial charge in [-0.2, -0.15) is 5.26 Å². The van der Waals surface area contributed by atoms with Crippen molar-refractivity contribution in [2.75, 3.05) is 4.90 Å². The second kappa shape index (κ2) is 7.88. The zero-order chi connectivity index (χ0) is 27.0. The summed E-state index contributed by atoms with van der Waals surface area (Å²) in [6.45, 7) is 5.70. The monoisotopic (exact) mass is 545 g/mol. The summed E-state index contributed by atoms with van der Waals surface area (Å²) in [4.78, 5) is 29.2. The van der Waals surface area contributed by atoms with Gasteiger partial charge in [-0.1, -0.05) is 48.0 Å². The number of allylic oxidation sites excluding steroid dienone is 3. The predicted octanol–water partition coefficient (Wildman–Crippen LogP) is 5.58. The van der Waals surface area contributed by atoms with E-state index in [2.05, 4.69) is 16.6 Å². The van der Waals surface area contributed by atoms with Gasteiger partial charge in [0.2, 0.25) is 5.91 Å². The van der Waals surface area contributed by atoms with Crippen molar-refractivity contribution in [3.05, 3.63) is 94.2 Å². The molecule has 0 aromatic heterocycles. The van der Waals surface area contributed by atoms with E-state index in [9.17, 15) is 28.0 Å². The first-order chi connectivity index (χ1) is 17.3. The van der Waals surface area contributed by atoms with Crippen LogP contribution in [0.4, 0.5) is 18.9 Å². The Morgan fingerprint density at radius 3 is 2.24 bits per heavy atom. The van der Waals surface area contributed by atoms with Crippen LogP contribution in [0.2, 0.25) is 10.0 Å². The summed E-state index contributed by atoms with van der Waals surface area (Å²) in [6.07, 6.45) is -0.543. The van der Waals surface area contributed by atoms with Crippen LogP contribution in [-0.2, 0) is 15.0 Å². The lowest BCUT2D eigenvalue weighted by Crippen LogP contribution is -2.51. The Hall–Kier alpha value is -3.74. The molecule has 11 heteroatoms. The van der Waals surface area contributed by atoms with E-state index in [1.165, 1.54) is 48.7 Å². The highest BCUT2D eigenvalue weighted by molar-refractivity contribution is 6.37. The van der Waals surface area contributed by atoms with E-state index in [1.54, 1.807) is 6.92 Å². The maximum atomic E-state index is 14.2. The van der Waals surface area contributed by atoms with E-state index >= 15 is 0 Å². The number of rotatable bonds is 3. The molecule has 188 valence electrons. The number of nitrogens with zero attached hydrogens (tertiary/aromatic N) is 2. The van der Waals surface area contributed by atoms with Crippen molar-refractivity contribution >= 4 is 40.7 Å². The van der Waals surface area contributed by atoms with Crippen molar-refractivity contribution in [1.82, 2.24) is 5.32 Å². The number of hydrogen-bond donors (Lipinski definition) is 1. The SMILES string of the molecule is C=C1C=CC(C#N)=CN[C@]23C(=O)N(c4cc(Cl)cc(Cl)c4)C(=O)[C@@]2(C)[C@@]13c1ccc(OC(F)(F)F)cc1. The normalized spacial score (nSPS) is 28.4. The summed E-state index contributed by atoms with van der Waals surface area (Å²) in [5.74, 6) is -1.71. The number of benzene rings is 2. The van der Waals surface area contributed by atoms with Crippen LogP contribution in [0.5, 0.6) is 5.75 Å². The molecule has 2 heterocycles.